The van der Waals surface area contributed by atoms with Gasteiger partial charge in [0.2, 0.25) is 5.88 Å². The Morgan fingerprint density at radius 2 is 1.55 bits per heavy atom. The Bertz CT molecular complexity index is 711. The van der Waals surface area contributed by atoms with E-state index >= 15 is 0 Å². The Balaban J connectivity index is 2.01. The summed E-state index contributed by atoms with van der Waals surface area (Å²) in [5.41, 5.74) is 8.50. The second-order valence-corrected chi connectivity index (χ2v) is 4.36. The zero-order valence-electron chi connectivity index (χ0n) is 10.9. The maximum atomic E-state index is 5.87. The van der Waals surface area contributed by atoms with Crippen molar-refractivity contribution in [3.63, 3.8) is 0 Å². The van der Waals surface area contributed by atoms with Crippen LogP contribution in [-0.2, 0) is 0 Å². The van der Waals surface area contributed by atoms with Gasteiger partial charge in [0.15, 0.2) is 0 Å². The number of ether oxygens (including phenoxy) is 1. The van der Waals surface area contributed by atoms with E-state index in [2.05, 4.69) is 4.98 Å². The van der Waals surface area contributed by atoms with Gasteiger partial charge in [0.1, 0.15) is 5.75 Å². The highest BCUT2D eigenvalue weighted by molar-refractivity contribution is 5.71. The molecule has 3 heteroatoms. The molecule has 98 valence electrons. The molecule has 3 rings (SSSR count). The Kier molecular flexibility index (Phi) is 3.33. The molecule has 0 fully saturated rings. The van der Waals surface area contributed by atoms with Gasteiger partial charge in [-0.2, -0.15) is 0 Å². The van der Waals surface area contributed by atoms with Gasteiger partial charge in [0.05, 0.1) is 5.69 Å². The van der Waals surface area contributed by atoms with Gasteiger partial charge < -0.3 is 10.5 Å². The minimum Gasteiger partial charge on any atom is -0.436 e. The lowest BCUT2D eigenvalue weighted by atomic mass is 10.1. The average molecular weight is 262 g/mol. The largest absolute Gasteiger partial charge is 0.436 e. The molecule has 0 unspecified atom stereocenters. The molecule has 0 radical (unpaired) electrons. The van der Waals surface area contributed by atoms with Crippen molar-refractivity contribution in [1.29, 1.82) is 0 Å². The molecule has 0 saturated carbocycles. The molecule has 3 aromatic rings. The van der Waals surface area contributed by atoms with Crippen LogP contribution in [0.1, 0.15) is 0 Å². The minimum absolute atomic E-state index is 0.427. The predicted octanol–water partition coefficient (Wildman–Crippen LogP) is 4.12. The third kappa shape index (κ3) is 2.47. The summed E-state index contributed by atoms with van der Waals surface area (Å²) in [6.07, 6.45) is 1.66. The van der Waals surface area contributed by atoms with E-state index in [0.717, 1.165) is 16.9 Å². The molecule has 0 bridgehead atoms. The first-order valence-corrected chi connectivity index (χ1v) is 6.37. The number of para-hydroxylation sites is 1. The highest BCUT2D eigenvalue weighted by atomic mass is 16.5. The van der Waals surface area contributed by atoms with Gasteiger partial charge in [0.25, 0.3) is 0 Å². The highest BCUT2D eigenvalue weighted by Crippen LogP contribution is 2.33. The maximum absolute atomic E-state index is 5.87. The van der Waals surface area contributed by atoms with Crippen LogP contribution in [0.15, 0.2) is 72.9 Å². The van der Waals surface area contributed by atoms with Crippen LogP contribution < -0.4 is 10.5 Å². The van der Waals surface area contributed by atoms with E-state index < -0.39 is 0 Å². The Hall–Kier alpha value is -2.81. The summed E-state index contributed by atoms with van der Waals surface area (Å²) in [5.74, 6) is 1.17. The smallest absolute Gasteiger partial charge is 0.242 e. The normalized spacial score (nSPS) is 10.2. The second-order valence-electron chi connectivity index (χ2n) is 4.36. The fourth-order valence-electron chi connectivity index (χ4n) is 2.00. The van der Waals surface area contributed by atoms with Crippen molar-refractivity contribution in [3.8, 4) is 22.8 Å². The van der Waals surface area contributed by atoms with E-state index in [1.807, 2.05) is 54.6 Å². The lowest BCUT2D eigenvalue weighted by Crippen LogP contribution is -1.95. The summed E-state index contributed by atoms with van der Waals surface area (Å²) in [7, 11) is 0. The summed E-state index contributed by atoms with van der Waals surface area (Å²) in [4.78, 5) is 4.16. The number of benzene rings is 2. The van der Waals surface area contributed by atoms with Crippen LogP contribution >= 0.6 is 0 Å². The summed E-state index contributed by atoms with van der Waals surface area (Å²) < 4.78 is 5.86. The molecule has 0 saturated heterocycles. The van der Waals surface area contributed by atoms with Crippen molar-refractivity contribution in [2.75, 3.05) is 5.73 Å². The van der Waals surface area contributed by atoms with Crippen LogP contribution in [0.5, 0.6) is 11.6 Å². The SMILES string of the molecule is Nc1cccnc1Oc1ccccc1-c1ccccc1. The molecule has 0 spiro atoms. The first-order valence-electron chi connectivity index (χ1n) is 6.37. The van der Waals surface area contributed by atoms with Crippen LogP contribution in [0.2, 0.25) is 0 Å². The first kappa shape index (κ1) is 12.2. The lowest BCUT2D eigenvalue weighted by molar-refractivity contribution is 0.467. The number of aromatic nitrogens is 1. The third-order valence-corrected chi connectivity index (χ3v) is 2.98. The number of hydrogen-bond donors (Lipinski definition) is 1. The van der Waals surface area contributed by atoms with Gasteiger partial charge in [-0.15, -0.1) is 0 Å². The molecule has 0 aliphatic rings. The van der Waals surface area contributed by atoms with Gasteiger partial charge in [-0.3, -0.25) is 0 Å². The molecule has 0 aliphatic carbocycles. The van der Waals surface area contributed by atoms with Crippen molar-refractivity contribution in [1.82, 2.24) is 4.98 Å². The Morgan fingerprint density at radius 3 is 2.35 bits per heavy atom. The van der Waals surface area contributed by atoms with Crippen LogP contribution in [0.3, 0.4) is 0 Å². The van der Waals surface area contributed by atoms with Gasteiger partial charge in [-0.05, 0) is 23.8 Å². The average Bonchev–Trinajstić information content (AvgIpc) is 2.51. The monoisotopic (exact) mass is 262 g/mol. The molecule has 20 heavy (non-hydrogen) atoms. The van der Waals surface area contributed by atoms with Crippen LogP contribution in [0.4, 0.5) is 5.69 Å². The van der Waals surface area contributed by atoms with Crippen molar-refractivity contribution < 1.29 is 4.74 Å². The van der Waals surface area contributed by atoms with Gasteiger partial charge >= 0.3 is 0 Å². The fourth-order valence-corrected chi connectivity index (χ4v) is 2.00. The number of nitrogens with zero attached hydrogens (tertiary/aromatic N) is 1. The predicted molar refractivity (Wildman–Crippen MR) is 80.6 cm³/mol. The van der Waals surface area contributed by atoms with Crippen LogP contribution in [0, 0.1) is 0 Å². The van der Waals surface area contributed by atoms with E-state index in [4.69, 9.17) is 10.5 Å². The topological polar surface area (TPSA) is 48.1 Å². The zero-order valence-corrected chi connectivity index (χ0v) is 10.9. The van der Waals surface area contributed by atoms with Crippen molar-refractivity contribution in [3.05, 3.63) is 72.9 Å². The molecule has 3 nitrogen and oxygen atoms in total. The Labute approximate surface area is 117 Å². The number of rotatable bonds is 3. The molecule has 0 atom stereocenters. The fraction of sp³-hybridized carbons (Fsp3) is 0. The lowest BCUT2D eigenvalue weighted by Gasteiger charge is -2.11. The minimum atomic E-state index is 0.427. The summed E-state index contributed by atoms with van der Waals surface area (Å²) >= 11 is 0. The quantitative estimate of drug-likeness (QED) is 0.772. The van der Waals surface area contributed by atoms with E-state index in [-0.39, 0.29) is 0 Å². The third-order valence-electron chi connectivity index (χ3n) is 2.98. The summed E-state index contributed by atoms with van der Waals surface area (Å²) in [6, 6.07) is 21.5. The standard InChI is InChI=1S/C17H14N2O/c18-15-10-6-12-19-17(15)20-16-11-5-4-9-14(16)13-7-2-1-3-8-13/h1-12H,18H2. The number of nitrogen functional groups attached to an aromatic ring is 1. The summed E-state index contributed by atoms with van der Waals surface area (Å²) in [6.45, 7) is 0. The maximum Gasteiger partial charge on any atom is 0.242 e. The summed E-state index contributed by atoms with van der Waals surface area (Å²) in [5, 5.41) is 0. The molecule has 1 heterocycles. The van der Waals surface area contributed by atoms with Crippen molar-refractivity contribution >= 4 is 5.69 Å². The number of pyridine rings is 1. The highest BCUT2D eigenvalue weighted by Gasteiger charge is 2.08. The van der Waals surface area contributed by atoms with E-state index in [9.17, 15) is 0 Å². The zero-order chi connectivity index (χ0) is 13.8. The van der Waals surface area contributed by atoms with Crippen molar-refractivity contribution in [2.45, 2.75) is 0 Å². The number of anilines is 1. The molecule has 0 amide bonds. The van der Waals surface area contributed by atoms with Gasteiger partial charge in [0, 0.05) is 11.8 Å². The van der Waals surface area contributed by atoms with E-state index in [1.165, 1.54) is 0 Å². The molecule has 1 aromatic heterocycles. The van der Waals surface area contributed by atoms with Gasteiger partial charge in [-0.1, -0.05) is 48.5 Å². The Morgan fingerprint density at radius 1 is 0.800 bits per heavy atom. The van der Waals surface area contributed by atoms with Crippen LogP contribution in [0.25, 0.3) is 11.1 Å². The van der Waals surface area contributed by atoms with E-state index in [0.29, 0.717) is 11.6 Å². The number of nitrogens with two attached hydrogens (primary N) is 1. The van der Waals surface area contributed by atoms with Crippen molar-refractivity contribution in [2.24, 2.45) is 0 Å². The van der Waals surface area contributed by atoms with Gasteiger partial charge in [-0.25, -0.2) is 4.98 Å². The molecule has 0 aliphatic heterocycles. The molecular weight excluding hydrogens is 248 g/mol. The number of hydrogen-bond acceptors (Lipinski definition) is 3. The second kappa shape index (κ2) is 5.45. The molecular formula is C17H14N2O. The first-order chi connectivity index (χ1) is 9.84. The van der Waals surface area contributed by atoms with Crippen LogP contribution in [-0.4, -0.2) is 4.98 Å². The molecule has 2 aromatic carbocycles. The van der Waals surface area contributed by atoms with E-state index in [1.54, 1.807) is 18.3 Å². The molecule has 2 N–H and O–H groups in total.